The van der Waals surface area contributed by atoms with Gasteiger partial charge < -0.3 is 10.1 Å². The first-order valence-corrected chi connectivity index (χ1v) is 9.37. The molecule has 3 rings (SSSR count). The van der Waals surface area contributed by atoms with E-state index < -0.39 is 0 Å². The standard InChI is InChI=1S/C20H30N2O2/c1-16(18-9-13-24-14-10-18)21-20(23)19-7-11-22(12-8-19)15-17-5-3-2-4-6-17/h2-6,16,18-19H,7-15H2,1H3,(H,21,23). The molecule has 0 radical (unpaired) electrons. The van der Waals surface area contributed by atoms with Crippen LogP contribution in [-0.2, 0) is 16.1 Å². The van der Waals surface area contributed by atoms with Crippen LogP contribution in [0, 0.1) is 11.8 Å². The summed E-state index contributed by atoms with van der Waals surface area (Å²) in [6.07, 6.45) is 4.08. The first-order chi connectivity index (χ1) is 11.7. The van der Waals surface area contributed by atoms with Crippen LogP contribution in [0.4, 0.5) is 0 Å². The Hall–Kier alpha value is -1.39. The number of nitrogens with zero attached hydrogens (tertiary/aromatic N) is 1. The zero-order chi connectivity index (χ0) is 16.8. The molecule has 1 aromatic carbocycles. The molecule has 2 aliphatic heterocycles. The highest BCUT2D eigenvalue weighted by molar-refractivity contribution is 5.79. The number of hydrogen-bond acceptors (Lipinski definition) is 3. The minimum atomic E-state index is 0.180. The molecule has 0 aromatic heterocycles. The fourth-order valence-corrected chi connectivity index (χ4v) is 3.87. The van der Waals surface area contributed by atoms with E-state index in [1.165, 1.54) is 5.56 Å². The van der Waals surface area contributed by atoms with Crippen molar-refractivity contribution in [1.29, 1.82) is 0 Å². The largest absolute Gasteiger partial charge is 0.381 e. The molecular weight excluding hydrogens is 300 g/mol. The lowest BCUT2D eigenvalue weighted by molar-refractivity contribution is -0.127. The highest BCUT2D eigenvalue weighted by Crippen LogP contribution is 2.22. The molecular formula is C20H30N2O2. The van der Waals surface area contributed by atoms with E-state index in [2.05, 4.69) is 47.5 Å². The molecule has 0 spiro atoms. The molecule has 2 aliphatic rings. The van der Waals surface area contributed by atoms with Crippen LogP contribution in [0.2, 0.25) is 0 Å². The third-order valence-electron chi connectivity index (χ3n) is 5.55. The van der Waals surface area contributed by atoms with Crippen LogP contribution in [0.3, 0.4) is 0 Å². The fourth-order valence-electron chi connectivity index (χ4n) is 3.87. The van der Waals surface area contributed by atoms with E-state index in [1.807, 2.05) is 0 Å². The van der Waals surface area contributed by atoms with Crippen LogP contribution in [0.15, 0.2) is 30.3 Å². The number of piperidine rings is 1. The van der Waals surface area contributed by atoms with E-state index >= 15 is 0 Å². The van der Waals surface area contributed by atoms with Gasteiger partial charge in [-0.2, -0.15) is 0 Å². The maximum atomic E-state index is 12.6. The first kappa shape index (κ1) is 17.4. The predicted octanol–water partition coefficient (Wildman–Crippen LogP) is 2.83. The van der Waals surface area contributed by atoms with Gasteiger partial charge in [0.2, 0.25) is 5.91 Å². The summed E-state index contributed by atoms with van der Waals surface area (Å²) in [5, 5.41) is 3.27. The second-order valence-electron chi connectivity index (χ2n) is 7.28. The number of amides is 1. The van der Waals surface area contributed by atoms with Gasteiger partial charge in [0.05, 0.1) is 0 Å². The summed E-state index contributed by atoms with van der Waals surface area (Å²) in [7, 11) is 0. The smallest absolute Gasteiger partial charge is 0.223 e. The molecule has 1 unspecified atom stereocenters. The number of carbonyl (C=O) groups is 1. The van der Waals surface area contributed by atoms with E-state index in [0.29, 0.717) is 5.92 Å². The summed E-state index contributed by atoms with van der Waals surface area (Å²) in [5.74, 6) is 1.01. The fraction of sp³-hybridized carbons (Fsp3) is 0.650. The summed E-state index contributed by atoms with van der Waals surface area (Å²) < 4.78 is 5.41. The molecule has 0 aliphatic carbocycles. The summed E-state index contributed by atoms with van der Waals surface area (Å²) in [6, 6.07) is 10.9. The average molecular weight is 330 g/mol. The Labute approximate surface area is 145 Å². The monoisotopic (exact) mass is 330 g/mol. The number of ether oxygens (including phenoxy) is 1. The van der Waals surface area contributed by atoms with Gasteiger partial charge in [0.1, 0.15) is 0 Å². The minimum Gasteiger partial charge on any atom is -0.381 e. The molecule has 132 valence electrons. The van der Waals surface area contributed by atoms with Crippen molar-refractivity contribution < 1.29 is 9.53 Å². The topological polar surface area (TPSA) is 41.6 Å². The molecule has 1 amide bonds. The number of rotatable bonds is 5. The van der Waals surface area contributed by atoms with Crippen LogP contribution in [0.1, 0.15) is 38.2 Å². The summed E-state index contributed by atoms with van der Waals surface area (Å²) in [6.45, 7) is 6.84. The minimum absolute atomic E-state index is 0.180. The lowest BCUT2D eigenvalue weighted by atomic mass is 9.91. The summed E-state index contributed by atoms with van der Waals surface area (Å²) >= 11 is 0. The van der Waals surface area contributed by atoms with E-state index in [4.69, 9.17) is 4.74 Å². The van der Waals surface area contributed by atoms with Crippen molar-refractivity contribution in [2.45, 2.75) is 45.2 Å². The number of carbonyl (C=O) groups excluding carboxylic acids is 1. The average Bonchev–Trinajstić information content (AvgIpc) is 2.64. The molecule has 24 heavy (non-hydrogen) atoms. The van der Waals surface area contributed by atoms with E-state index in [9.17, 15) is 4.79 Å². The molecule has 4 nitrogen and oxygen atoms in total. The highest BCUT2D eigenvalue weighted by atomic mass is 16.5. The second-order valence-corrected chi connectivity index (χ2v) is 7.28. The number of nitrogens with one attached hydrogen (secondary N) is 1. The Morgan fingerprint density at radius 3 is 2.50 bits per heavy atom. The number of hydrogen-bond donors (Lipinski definition) is 1. The summed E-state index contributed by atoms with van der Waals surface area (Å²) in [5.41, 5.74) is 1.36. The number of likely N-dealkylation sites (tertiary alicyclic amines) is 1. The van der Waals surface area contributed by atoms with Crippen molar-refractivity contribution in [3.8, 4) is 0 Å². The molecule has 2 saturated heterocycles. The second kappa shape index (κ2) is 8.63. The normalized spacial score (nSPS) is 22.2. The van der Waals surface area contributed by atoms with Crippen molar-refractivity contribution >= 4 is 5.91 Å². The molecule has 0 bridgehead atoms. The molecule has 0 saturated carbocycles. The van der Waals surface area contributed by atoms with Gasteiger partial charge in [0.25, 0.3) is 0 Å². The SMILES string of the molecule is CC(NC(=O)C1CCN(Cc2ccccc2)CC1)C1CCOCC1. The quantitative estimate of drug-likeness (QED) is 0.903. The van der Waals surface area contributed by atoms with Gasteiger partial charge in [-0.1, -0.05) is 30.3 Å². The highest BCUT2D eigenvalue weighted by Gasteiger charge is 2.28. The van der Waals surface area contributed by atoms with Crippen LogP contribution in [0.25, 0.3) is 0 Å². The zero-order valence-corrected chi connectivity index (χ0v) is 14.7. The Bertz CT molecular complexity index is 506. The molecule has 4 heteroatoms. The first-order valence-electron chi connectivity index (χ1n) is 9.37. The lowest BCUT2D eigenvalue weighted by Gasteiger charge is -2.33. The summed E-state index contributed by atoms with van der Waals surface area (Å²) in [4.78, 5) is 15.0. The Balaban J connectivity index is 1.41. The third-order valence-corrected chi connectivity index (χ3v) is 5.55. The molecule has 2 heterocycles. The van der Waals surface area contributed by atoms with Gasteiger partial charge >= 0.3 is 0 Å². The molecule has 1 aromatic rings. The van der Waals surface area contributed by atoms with Gasteiger partial charge in [0, 0.05) is 31.7 Å². The maximum absolute atomic E-state index is 12.6. The van der Waals surface area contributed by atoms with Gasteiger partial charge in [-0.05, 0) is 57.2 Å². The maximum Gasteiger partial charge on any atom is 0.223 e. The Morgan fingerprint density at radius 1 is 1.17 bits per heavy atom. The van der Waals surface area contributed by atoms with Crippen LogP contribution in [0.5, 0.6) is 0 Å². The molecule has 1 N–H and O–H groups in total. The lowest BCUT2D eigenvalue weighted by Crippen LogP contribution is -2.45. The van der Waals surface area contributed by atoms with E-state index in [1.54, 1.807) is 0 Å². The predicted molar refractivity (Wildman–Crippen MR) is 95.6 cm³/mol. The van der Waals surface area contributed by atoms with Gasteiger partial charge in [-0.25, -0.2) is 0 Å². The van der Waals surface area contributed by atoms with Crippen LogP contribution >= 0.6 is 0 Å². The van der Waals surface area contributed by atoms with Gasteiger partial charge in [-0.3, -0.25) is 9.69 Å². The molecule has 1 atom stereocenters. The molecule has 2 fully saturated rings. The van der Waals surface area contributed by atoms with Crippen molar-refractivity contribution in [3.05, 3.63) is 35.9 Å². The van der Waals surface area contributed by atoms with Gasteiger partial charge in [0.15, 0.2) is 0 Å². The van der Waals surface area contributed by atoms with E-state index in [-0.39, 0.29) is 17.9 Å². The van der Waals surface area contributed by atoms with Crippen molar-refractivity contribution in [1.82, 2.24) is 10.2 Å². The Morgan fingerprint density at radius 2 is 1.83 bits per heavy atom. The zero-order valence-electron chi connectivity index (χ0n) is 14.7. The van der Waals surface area contributed by atoms with Crippen molar-refractivity contribution in [3.63, 3.8) is 0 Å². The van der Waals surface area contributed by atoms with Crippen molar-refractivity contribution in [2.24, 2.45) is 11.8 Å². The van der Waals surface area contributed by atoms with Crippen LogP contribution < -0.4 is 5.32 Å². The van der Waals surface area contributed by atoms with Gasteiger partial charge in [-0.15, -0.1) is 0 Å². The third kappa shape index (κ3) is 4.81. The Kier molecular flexibility index (Phi) is 6.27. The van der Waals surface area contributed by atoms with E-state index in [0.717, 1.165) is 58.5 Å². The van der Waals surface area contributed by atoms with Crippen molar-refractivity contribution in [2.75, 3.05) is 26.3 Å². The number of benzene rings is 1. The van der Waals surface area contributed by atoms with Crippen LogP contribution in [-0.4, -0.2) is 43.2 Å².